The van der Waals surface area contributed by atoms with Crippen LogP contribution in [0, 0.1) is 13.8 Å². The SMILES string of the molecule is CN=C(NCCCCNc1ccccn1)NCc1c(C)nn(C)c1C. The largest absolute Gasteiger partial charge is 0.370 e. The molecule has 0 spiro atoms. The molecule has 0 aliphatic rings. The fourth-order valence-electron chi connectivity index (χ4n) is 2.61. The number of pyridine rings is 1. The van der Waals surface area contributed by atoms with Gasteiger partial charge in [-0.2, -0.15) is 5.10 Å². The highest BCUT2D eigenvalue weighted by Crippen LogP contribution is 2.10. The van der Waals surface area contributed by atoms with E-state index in [0.29, 0.717) is 0 Å². The Morgan fingerprint density at radius 3 is 2.60 bits per heavy atom. The van der Waals surface area contributed by atoms with Gasteiger partial charge in [0.05, 0.1) is 5.69 Å². The molecule has 0 bridgehead atoms. The Kier molecular flexibility index (Phi) is 7.25. The first-order chi connectivity index (χ1) is 12.1. The van der Waals surface area contributed by atoms with Crippen molar-refractivity contribution in [1.82, 2.24) is 25.4 Å². The number of aliphatic imine (C=N–C) groups is 1. The molecule has 0 fully saturated rings. The maximum atomic E-state index is 4.44. The van der Waals surface area contributed by atoms with E-state index in [9.17, 15) is 0 Å². The smallest absolute Gasteiger partial charge is 0.191 e. The van der Waals surface area contributed by atoms with Crippen molar-refractivity contribution in [2.24, 2.45) is 12.0 Å². The van der Waals surface area contributed by atoms with Crippen molar-refractivity contribution in [1.29, 1.82) is 0 Å². The molecule has 0 radical (unpaired) electrons. The molecule has 25 heavy (non-hydrogen) atoms. The highest BCUT2D eigenvalue weighted by molar-refractivity contribution is 5.79. The van der Waals surface area contributed by atoms with Gasteiger partial charge in [0.2, 0.25) is 0 Å². The summed E-state index contributed by atoms with van der Waals surface area (Å²) in [6.45, 7) is 6.65. The van der Waals surface area contributed by atoms with Crippen LogP contribution >= 0.6 is 0 Å². The molecule has 2 aromatic heterocycles. The topological polar surface area (TPSA) is 79.2 Å². The molecule has 0 saturated carbocycles. The van der Waals surface area contributed by atoms with Gasteiger partial charge < -0.3 is 16.0 Å². The van der Waals surface area contributed by atoms with E-state index in [1.54, 1.807) is 13.2 Å². The summed E-state index contributed by atoms with van der Waals surface area (Å²) in [7, 11) is 3.76. The molecule has 2 aromatic rings. The normalized spacial score (nSPS) is 11.4. The Morgan fingerprint density at radius 2 is 1.96 bits per heavy atom. The second-order valence-electron chi connectivity index (χ2n) is 5.97. The van der Waals surface area contributed by atoms with Gasteiger partial charge in [-0.05, 0) is 38.8 Å². The number of rotatable bonds is 8. The number of guanidine groups is 1. The van der Waals surface area contributed by atoms with E-state index in [0.717, 1.165) is 49.9 Å². The van der Waals surface area contributed by atoms with E-state index in [-0.39, 0.29) is 0 Å². The third-order valence-corrected chi connectivity index (χ3v) is 4.18. The van der Waals surface area contributed by atoms with Gasteiger partial charge in [-0.1, -0.05) is 6.07 Å². The van der Waals surface area contributed by atoms with E-state index in [1.807, 2.05) is 36.9 Å². The molecule has 3 N–H and O–H groups in total. The number of aromatic nitrogens is 3. The van der Waals surface area contributed by atoms with Gasteiger partial charge in [0.1, 0.15) is 5.82 Å². The summed E-state index contributed by atoms with van der Waals surface area (Å²) in [5, 5.41) is 14.5. The van der Waals surface area contributed by atoms with Gasteiger partial charge in [0.25, 0.3) is 0 Å². The number of nitrogens with zero attached hydrogens (tertiary/aromatic N) is 4. The number of anilines is 1. The van der Waals surface area contributed by atoms with Gasteiger partial charge in [-0.25, -0.2) is 4.98 Å². The zero-order chi connectivity index (χ0) is 18.1. The minimum Gasteiger partial charge on any atom is -0.370 e. The Balaban J connectivity index is 1.63. The molecule has 2 heterocycles. The van der Waals surface area contributed by atoms with Crippen molar-refractivity contribution < 1.29 is 0 Å². The molecule has 7 nitrogen and oxygen atoms in total. The van der Waals surface area contributed by atoms with Crippen molar-refractivity contribution in [3.8, 4) is 0 Å². The Hall–Kier alpha value is -2.57. The lowest BCUT2D eigenvalue weighted by molar-refractivity contribution is 0.709. The Labute approximate surface area is 150 Å². The number of hydrogen-bond donors (Lipinski definition) is 3. The van der Waals surface area contributed by atoms with Gasteiger partial charge in [-0.3, -0.25) is 9.67 Å². The summed E-state index contributed by atoms with van der Waals surface area (Å²) < 4.78 is 1.91. The second kappa shape index (κ2) is 9.66. The molecule has 0 saturated heterocycles. The summed E-state index contributed by atoms with van der Waals surface area (Å²) in [4.78, 5) is 8.52. The van der Waals surface area contributed by atoms with Crippen LogP contribution in [-0.2, 0) is 13.6 Å². The standard InChI is InChI=1S/C18H29N7/c1-14-16(15(2)25(4)24-14)13-23-18(19-3)22-12-8-7-11-21-17-9-5-6-10-20-17/h5-6,9-10H,7-8,11-13H2,1-4H3,(H,20,21)(H2,19,22,23). The third kappa shape index (κ3) is 5.77. The highest BCUT2D eigenvalue weighted by Gasteiger charge is 2.09. The number of aryl methyl sites for hydroxylation is 2. The van der Waals surface area contributed by atoms with Crippen LogP contribution in [0.3, 0.4) is 0 Å². The Morgan fingerprint density at radius 1 is 1.16 bits per heavy atom. The Bertz CT molecular complexity index is 676. The molecule has 0 atom stereocenters. The molecule has 7 heteroatoms. The summed E-state index contributed by atoms with van der Waals surface area (Å²) in [6, 6.07) is 5.88. The molecule has 0 amide bonds. The quantitative estimate of drug-likeness (QED) is 0.388. The van der Waals surface area contributed by atoms with Crippen LogP contribution in [0.15, 0.2) is 29.4 Å². The van der Waals surface area contributed by atoms with Crippen molar-refractivity contribution in [3.63, 3.8) is 0 Å². The first kappa shape index (κ1) is 18.8. The second-order valence-corrected chi connectivity index (χ2v) is 5.97. The summed E-state index contributed by atoms with van der Waals surface area (Å²) in [5.74, 6) is 1.75. The minimum atomic E-state index is 0.729. The number of hydrogen-bond acceptors (Lipinski definition) is 4. The average Bonchev–Trinajstić information content (AvgIpc) is 2.87. The predicted molar refractivity (Wildman–Crippen MR) is 103 cm³/mol. The molecule has 0 aromatic carbocycles. The zero-order valence-electron chi connectivity index (χ0n) is 15.6. The molecule has 0 unspecified atom stereocenters. The first-order valence-corrected chi connectivity index (χ1v) is 8.70. The van der Waals surface area contributed by atoms with E-state index < -0.39 is 0 Å². The van der Waals surface area contributed by atoms with Crippen molar-refractivity contribution in [3.05, 3.63) is 41.3 Å². The first-order valence-electron chi connectivity index (χ1n) is 8.70. The van der Waals surface area contributed by atoms with E-state index in [2.05, 4.69) is 37.9 Å². The van der Waals surface area contributed by atoms with Gasteiger partial charge in [-0.15, -0.1) is 0 Å². The lowest BCUT2D eigenvalue weighted by Crippen LogP contribution is -2.37. The third-order valence-electron chi connectivity index (χ3n) is 4.18. The van der Waals surface area contributed by atoms with Crippen molar-refractivity contribution in [2.45, 2.75) is 33.2 Å². The molecule has 136 valence electrons. The van der Waals surface area contributed by atoms with E-state index in [1.165, 1.54) is 11.3 Å². The van der Waals surface area contributed by atoms with Crippen LogP contribution in [0.2, 0.25) is 0 Å². The van der Waals surface area contributed by atoms with Crippen LogP contribution in [0.1, 0.15) is 29.8 Å². The van der Waals surface area contributed by atoms with Crippen LogP contribution in [-0.4, -0.2) is 40.9 Å². The summed E-state index contributed by atoms with van der Waals surface area (Å²) in [5.41, 5.74) is 3.47. The van der Waals surface area contributed by atoms with Crippen molar-refractivity contribution >= 4 is 11.8 Å². The van der Waals surface area contributed by atoms with E-state index in [4.69, 9.17) is 0 Å². The summed E-state index contributed by atoms with van der Waals surface area (Å²) >= 11 is 0. The molecule has 0 aliphatic carbocycles. The van der Waals surface area contributed by atoms with Gasteiger partial charge in [0.15, 0.2) is 5.96 Å². The predicted octanol–water partition coefficient (Wildman–Crippen LogP) is 1.99. The van der Waals surface area contributed by atoms with Crippen LogP contribution < -0.4 is 16.0 Å². The van der Waals surface area contributed by atoms with Gasteiger partial charge >= 0.3 is 0 Å². The van der Waals surface area contributed by atoms with Crippen LogP contribution in [0.5, 0.6) is 0 Å². The monoisotopic (exact) mass is 343 g/mol. The molecule has 2 rings (SSSR count). The van der Waals surface area contributed by atoms with Crippen molar-refractivity contribution in [2.75, 3.05) is 25.5 Å². The lowest BCUT2D eigenvalue weighted by atomic mass is 10.2. The molecule has 0 aliphatic heterocycles. The number of unbranched alkanes of at least 4 members (excludes halogenated alkanes) is 1. The van der Waals surface area contributed by atoms with E-state index >= 15 is 0 Å². The maximum absolute atomic E-state index is 4.44. The van der Waals surface area contributed by atoms with Gasteiger partial charge in [0, 0.05) is 51.2 Å². The highest BCUT2D eigenvalue weighted by atomic mass is 15.3. The maximum Gasteiger partial charge on any atom is 0.191 e. The fourth-order valence-corrected chi connectivity index (χ4v) is 2.61. The summed E-state index contributed by atoms with van der Waals surface area (Å²) in [6.07, 6.45) is 3.93. The number of nitrogens with one attached hydrogen (secondary N) is 3. The molecular formula is C18H29N7. The minimum absolute atomic E-state index is 0.729. The fraction of sp³-hybridized carbons (Fsp3) is 0.500. The lowest BCUT2D eigenvalue weighted by Gasteiger charge is -2.12. The zero-order valence-corrected chi connectivity index (χ0v) is 15.6. The van der Waals surface area contributed by atoms with Crippen LogP contribution in [0.25, 0.3) is 0 Å². The molecular weight excluding hydrogens is 314 g/mol. The average molecular weight is 343 g/mol. The van der Waals surface area contributed by atoms with Crippen LogP contribution in [0.4, 0.5) is 5.82 Å².